The number of benzene rings is 2. The Bertz CT molecular complexity index is 1170. The van der Waals surface area contributed by atoms with Crippen molar-refractivity contribution < 1.29 is 46.1 Å². The molecule has 0 radical (unpaired) electrons. The van der Waals surface area contributed by atoms with Gasteiger partial charge in [-0.3, -0.25) is 9.69 Å². The summed E-state index contributed by atoms with van der Waals surface area (Å²) >= 11 is 0. The number of aliphatic hydroxyl groups is 1. The molecule has 2 atom stereocenters. The van der Waals surface area contributed by atoms with Crippen LogP contribution in [0.25, 0.3) is 0 Å². The molecule has 0 bridgehead atoms. The largest absolute Gasteiger partial charge is 0.487 e. The van der Waals surface area contributed by atoms with Crippen molar-refractivity contribution in [3.63, 3.8) is 0 Å². The minimum Gasteiger partial charge on any atom is -0.487 e. The van der Waals surface area contributed by atoms with Crippen molar-refractivity contribution in [2.45, 2.75) is 69.3 Å². The Morgan fingerprint density at radius 3 is 2.38 bits per heavy atom. The first-order valence-corrected chi connectivity index (χ1v) is 11.8. The van der Waals surface area contributed by atoms with Gasteiger partial charge in [0, 0.05) is 25.4 Å². The van der Waals surface area contributed by atoms with E-state index in [-0.39, 0.29) is 12.6 Å². The molecule has 0 amide bonds. The molecular weight excluding hydrogens is 504 g/mol. The van der Waals surface area contributed by atoms with E-state index >= 15 is 0 Å². The maximum absolute atomic E-state index is 13.5. The smallest absolute Gasteiger partial charge is 0.416 e. The van der Waals surface area contributed by atoms with Crippen molar-refractivity contribution in [1.82, 2.24) is 4.90 Å². The number of alkyl halides is 6. The van der Waals surface area contributed by atoms with Crippen LogP contribution in [0, 0.1) is 5.92 Å². The van der Waals surface area contributed by atoms with Gasteiger partial charge in [-0.1, -0.05) is 12.1 Å². The number of fused-ring (bicyclic) bond motifs is 1. The molecule has 202 valence electrons. The van der Waals surface area contributed by atoms with Crippen LogP contribution in [0.5, 0.6) is 5.75 Å². The third kappa shape index (κ3) is 5.57. The monoisotopic (exact) mass is 531 g/mol. The van der Waals surface area contributed by atoms with Crippen LogP contribution < -0.4 is 4.74 Å². The Labute approximate surface area is 209 Å². The number of ether oxygens (including phenoxy) is 1. The van der Waals surface area contributed by atoms with Crippen molar-refractivity contribution in [3.8, 4) is 5.75 Å². The number of rotatable bonds is 6. The van der Waals surface area contributed by atoms with E-state index in [2.05, 4.69) is 0 Å². The number of hydrogen-bond acceptors (Lipinski definition) is 4. The molecule has 11 heteroatoms. The van der Waals surface area contributed by atoms with Gasteiger partial charge in [-0.15, -0.1) is 0 Å². The van der Waals surface area contributed by atoms with Gasteiger partial charge < -0.3 is 14.9 Å². The molecule has 2 N–H and O–H groups in total. The zero-order valence-electron chi connectivity index (χ0n) is 20.2. The second-order valence-electron chi connectivity index (χ2n) is 10.1. The summed E-state index contributed by atoms with van der Waals surface area (Å²) in [5.41, 5.74) is -1.92. The highest BCUT2D eigenvalue weighted by molar-refractivity contribution is 5.70. The molecule has 0 saturated heterocycles. The first-order chi connectivity index (χ1) is 17.1. The predicted molar refractivity (Wildman–Crippen MR) is 121 cm³/mol. The number of halogens is 6. The molecular formula is C26H27F6NO4. The van der Waals surface area contributed by atoms with E-state index in [1.807, 2.05) is 0 Å². The molecule has 1 spiro atoms. The Morgan fingerprint density at radius 2 is 1.78 bits per heavy atom. The summed E-state index contributed by atoms with van der Waals surface area (Å²) in [5, 5.41) is 19.5. The van der Waals surface area contributed by atoms with Gasteiger partial charge in [0.05, 0.1) is 23.1 Å². The van der Waals surface area contributed by atoms with E-state index in [9.17, 15) is 41.4 Å². The average Bonchev–Trinajstić information content (AvgIpc) is 2.79. The maximum atomic E-state index is 13.5. The Hall–Kier alpha value is -2.79. The SMILES string of the molecule is C[C@H](C(=O)O)[C@@H](O)c1ccc2c(c1)OC1(CC2)CC(N(C)Cc2cc(C(F)(F)F)ccc2C(F)(F)F)C1. The van der Waals surface area contributed by atoms with E-state index in [4.69, 9.17) is 4.74 Å². The van der Waals surface area contributed by atoms with Crippen molar-refractivity contribution in [1.29, 1.82) is 0 Å². The summed E-state index contributed by atoms with van der Waals surface area (Å²) < 4.78 is 86.0. The maximum Gasteiger partial charge on any atom is 0.416 e. The zero-order valence-corrected chi connectivity index (χ0v) is 20.2. The topological polar surface area (TPSA) is 70.0 Å². The molecule has 2 aromatic rings. The van der Waals surface area contributed by atoms with E-state index < -0.39 is 52.6 Å². The van der Waals surface area contributed by atoms with Crippen LogP contribution >= 0.6 is 0 Å². The van der Waals surface area contributed by atoms with Gasteiger partial charge in [0.1, 0.15) is 11.4 Å². The third-order valence-corrected chi connectivity index (χ3v) is 7.47. The average molecular weight is 531 g/mol. The van der Waals surface area contributed by atoms with E-state index in [0.717, 1.165) is 5.56 Å². The highest BCUT2D eigenvalue weighted by atomic mass is 19.4. The lowest BCUT2D eigenvalue weighted by Gasteiger charge is -2.52. The molecule has 1 heterocycles. The fraction of sp³-hybridized carbons (Fsp3) is 0.500. The summed E-state index contributed by atoms with van der Waals surface area (Å²) in [6.45, 7) is 1.09. The van der Waals surface area contributed by atoms with E-state index in [0.29, 0.717) is 55.2 Å². The Balaban J connectivity index is 1.47. The highest BCUT2D eigenvalue weighted by Gasteiger charge is 2.50. The molecule has 37 heavy (non-hydrogen) atoms. The summed E-state index contributed by atoms with van der Waals surface area (Å²) in [6, 6.07) is 6.35. The van der Waals surface area contributed by atoms with Gasteiger partial charge in [0.2, 0.25) is 0 Å². The van der Waals surface area contributed by atoms with E-state index in [1.165, 1.54) is 6.92 Å². The fourth-order valence-corrected chi connectivity index (χ4v) is 5.10. The number of aliphatic carboxylic acids is 1. The van der Waals surface area contributed by atoms with Crippen LogP contribution in [0.2, 0.25) is 0 Å². The first-order valence-electron chi connectivity index (χ1n) is 11.8. The number of nitrogens with zero attached hydrogens (tertiary/aromatic N) is 1. The molecule has 2 aliphatic rings. The summed E-state index contributed by atoms with van der Waals surface area (Å²) in [7, 11) is 1.58. The highest BCUT2D eigenvalue weighted by Crippen LogP contribution is 2.48. The molecule has 1 aliphatic heterocycles. The fourth-order valence-electron chi connectivity index (χ4n) is 5.10. The van der Waals surface area contributed by atoms with Crippen molar-refractivity contribution >= 4 is 5.97 Å². The number of carboxylic acid groups (broad SMARTS) is 1. The van der Waals surface area contributed by atoms with E-state index in [1.54, 1.807) is 30.1 Å². The molecule has 5 nitrogen and oxygen atoms in total. The van der Waals surface area contributed by atoms with Crippen LogP contribution in [0.4, 0.5) is 26.3 Å². The number of carboxylic acids is 1. The Kier molecular flexibility index (Phi) is 7.00. The summed E-state index contributed by atoms with van der Waals surface area (Å²) in [5.74, 6) is -1.63. The minimum absolute atomic E-state index is 0.196. The number of aliphatic hydroxyl groups excluding tert-OH is 1. The lowest BCUT2D eigenvalue weighted by atomic mass is 9.70. The molecule has 1 saturated carbocycles. The van der Waals surface area contributed by atoms with Crippen molar-refractivity contribution in [2.75, 3.05) is 7.05 Å². The molecule has 1 aliphatic carbocycles. The van der Waals surface area contributed by atoms with Gasteiger partial charge in [0.15, 0.2) is 0 Å². The van der Waals surface area contributed by atoms with Crippen molar-refractivity contribution in [3.05, 3.63) is 64.2 Å². The van der Waals surface area contributed by atoms with Crippen LogP contribution in [-0.2, 0) is 30.1 Å². The standard InChI is InChI=1S/C26H27F6NO4/c1-14(23(35)36)22(34)16-4-3-15-7-8-24(37-21(15)10-16)11-19(12-24)33(2)13-17-9-18(25(27,28)29)5-6-20(17)26(30,31)32/h3-6,9-10,14,19,22,34H,7-8,11-13H2,1-2H3,(H,35,36)/t14-,19?,22+,24?/m0/s1. The summed E-state index contributed by atoms with van der Waals surface area (Å²) in [4.78, 5) is 12.8. The normalized spacial score (nSPS) is 23.2. The van der Waals surface area contributed by atoms with Crippen LogP contribution in [0.15, 0.2) is 36.4 Å². The number of carbonyl (C=O) groups is 1. The lowest BCUT2D eigenvalue weighted by molar-refractivity contribution is -0.145. The molecule has 0 aromatic heterocycles. The van der Waals surface area contributed by atoms with Crippen molar-refractivity contribution in [2.24, 2.45) is 5.92 Å². The summed E-state index contributed by atoms with van der Waals surface area (Å²) in [6.07, 6.45) is -8.48. The lowest BCUT2D eigenvalue weighted by Crippen LogP contribution is -2.58. The van der Waals surface area contributed by atoms with Crippen LogP contribution in [0.3, 0.4) is 0 Å². The van der Waals surface area contributed by atoms with Crippen LogP contribution in [0.1, 0.15) is 60.1 Å². The molecule has 1 fully saturated rings. The molecule has 0 unspecified atom stereocenters. The van der Waals surface area contributed by atoms with Crippen LogP contribution in [-0.4, -0.2) is 39.8 Å². The zero-order chi connectivity index (χ0) is 27.3. The minimum atomic E-state index is -4.78. The van der Waals surface area contributed by atoms with Gasteiger partial charge in [-0.05, 0) is 67.8 Å². The van der Waals surface area contributed by atoms with Gasteiger partial charge >= 0.3 is 18.3 Å². The molecule has 2 aromatic carbocycles. The first kappa shape index (κ1) is 27.3. The second kappa shape index (κ2) is 9.50. The van der Waals surface area contributed by atoms with Gasteiger partial charge in [-0.2, -0.15) is 26.3 Å². The quantitative estimate of drug-likeness (QED) is 0.459. The Morgan fingerprint density at radius 1 is 1.11 bits per heavy atom. The number of hydrogen-bond donors (Lipinski definition) is 2. The van der Waals surface area contributed by atoms with Gasteiger partial charge in [0.25, 0.3) is 0 Å². The third-order valence-electron chi connectivity index (χ3n) is 7.47. The second-order valence-corrected chi connectivity index (χ2v) is 10.1. The molecule has 4 rings (SSSR count). The van der Waals surface area contributed by atoms with Gasteiger partial charge in [-0.25, -0.2) is 0 Å². The predicted octanol–water partition coefficient (Wildman–Crippen LogP) is 5.84. The number of aryl methyl sites for hydroxylation is 1.